The Hall–Kier alpha value is -2.17. The van der Waals surface area contributed by atoms with E-state index >= 15 is 0 Å². The highest BCUT2D eigenvalue weighted by Gasteiger charge is 2.21. The van der Waals surface area contributed by atoms with E-state index in [4.69, 9.17) is 0 Å². The molecule has 0 radical (unpaired) electrons. The molecule has 2 heterocycles. The fourth-order valence-corrected chi connectivity index (χ4v) is 3.89. The lowest BCUT2D eigenvalue weighted by Gasteiger charge is -2.15. The summed E-state index contributed by atoms with van der Waals surface area (Å²) in [5, 5.41) is 11.8. The van der Waals surface area contributed by atoms with E-state index in [0.29, 0.717) is 0 Å². The third kappa shape index (κ3) is 2.83. The van der Waals surface area contributed by atoms with Gasteiger partial charge < -0.3 is 9.88 Å². The predicted molar refractivity (Wildman–Crippen MR) is 91.9 cm³/mol. The molecule has 1 aromatic heterocycles. The van der Waals surface area contributed by atoms with Crippen LogP contribution in [0.25, 0.3) is 0 Å². The van der Waals surface area contributed by atoms with Crippen LogP contribution in [0.15, 0.2) is 18.2 Å². The average Bonchev–Trinajstić information content (AvgIpc) is 3.15. The molecule has 0 fully saturated rings. The standard InChI is InChI=1S/C19H24N4O/c1-13(18-22-21-17-8-3-2-4-11-23(17)18)20-19(24)16-10-9-14-6-5-7-15(14)12-16/h9-10,12-13H,2-8,11H2,1H3,(H,20,24)/t13-/m0/s1. The van der Waals surface area contributed by atoms with Crippen LogP contribution in [0.3, 0.4) is 0 Å². The number of nitrogens with zero attached hydrogens (tertiary/aromatic N) is 3. The van der Waals surface area contributed by atoms with Crippen LogP contribution in [0.2, 0.25) is 0 Å². The average molecular weight is 324 g/mol. The van der Waals surface area contributed by atoms with Crippen LogP contribution in [-0.4, -0.2) is 20.7 Å². The summed E-state index contributed by atoms with van der Waals surface area (Å²) >= 11 is 0. The minimum absolute atomic E-state index is 0.0248. The Morgan fingerprint density at radius 1 is 1.08 bits per heavy atom. The second-order valence-electron chi connectivity index (χ2n) is 6.97. The van der Waals surface area contributed by atoms with Gasteiger partial charge in [0.2, 0.25) is 0 Å². The van der Waals surface area contributed by atoms with Crippen molar-refractivity contribution < 1.29 is 4.79 Å². The van der Waals surface area contributed by atoms with Crippen molar-refractivity contribution in [1.29, 1.82) is 0 Å². The highest BCUT2D eigenvalue weighted by atomic mass is 16.1. The molecule has 4 rings (SSSR count). The molecule has 1 atom stereocenters. The van der Waals surface area contributed by atoms with E-state index in [9.17, 15) is 4.79 Å². The van der Waals surface area contributed by atoms with Gasteiger partial charge in [0.15, 0.2) is 5.82 Å². The highest BCUT2D eigenvalue weighted by molar-refractivity contribution is 5.94. The maximum absolute atomic E-state index is 12.6. The molecule has 1 amide bonds. The lowest BCUT2D eigenvalue weighted by molar-refractivity contribution is 0.0937. The number of hydrogen-bond acceptors (Lipinski definition) is 3. The maximum Gasteiger partial charge on any atom is 0.251 e. The Kier molecular flexibility index (Phi) is 4.08. The van der Waals surface area contributed by atoms with Crippen LogP contribution in [-0.2, 0) is 25.8 Å². The number of carbonyl (C=O) groups excluding carboxylic acids is 1. The smallest absolute Gasteiger partial charge is 0.251 e. The maximum atomic E-state index is 12.6. The van der Waals surface area contributed by atoms with Gasteiger partial charge in [0.05, 0.1) is 6.04 Å². The number of benzene rings is 1. The van der Waals surface area contributed by atoms with Gasteiger partial charge in [0, 0.05) is 18.5 Å². The van der Waals surface area contributed by atoms with Gasteiger partial charge in [0.1, 0.15) is 5.82 Å². The largest absolute Gasteiger partial charge is 0.342 e. The second-order valence-corrected chi connectivity index (χ2v) is 6.97. The number of rotatable bonds is 3. The van der Waals surface area contributed by atoms with Crippen LogP contribution < -0.4 is 5.32 Å². The van der Waals surface area contributed by atoms with Crippen molar-refractivity contribution in [3.05, 3.63) is 46.5 Å². The van der Waals surface area contributed by atoms with Crippen LogP contribution in [0, 0.1) is 0 Å². The SMILES string of the molecule is C[C@H](NC(=O)c1ccc2c(c1)CCC2)c1nnc2n1CCCCC2. The Balaban J connectivity index is 1.51. The monoisotopic (exact) mass is 324 g/mol. The Bertz CT molecular complexity index is 765. The summed E-state index contributed by atoms with van der Waals surface area (Å²) in [6.45, 7) is 2.95. The highest BCUT2D eigenvalue weighted by Crippen LogP contribution is 2.23. The summed E-state index contributed by atoms with van der Waals surface area (Å²) in [7, 11) is 0. The molecule has 24 heavy (non-hydrogen) atoms. The van der Waals surface area contributed by atoms with Gasteiger partial charge in [-0.05, 0) is 62.3 Å². The molecule has 126 valence electrons. The summed E-state index contributed by atoms with van der Waals surface area (Å²) in [5.41, 5.74) is 3.46. The zero-order valence-electron chi connectivity index (χ0n) is 14.2. The summed E-state index contributed by atoms with van der Waals surface area (Å²) in [4.78, 5) is 12.6. The van der Waals surface area contributed by atoms with Gasteiger partial charge in [-0.15, -0.1) is 10.2 Å². The summed E-state index contributed by atoms with van der Waals surface area (Å²) in [5.74, 6) is 1.91. The summed E-state index contributed by atoms with van der Waals surface area (Å²) in [6, 6.07) is 5.96. The quantitative estimate of drug-likeness (QED) is 0.944. The molecule has 0 bridgehead atoms. The first kappa shape index (κ1) is 15.4. The van der Waals surface area contributed by atoms with Gasteiger partial charge in [-0.1, -0.05) is 12.5 Å². The van der Waals surface area contributed by atoms with Gasteiger partial charge in [-0.3, -0.25) is 4.79 Å². The molecule has 0 unspecified atom stereocenters. The lowest BCUT2D eigenvalue weighted by atomic mass is 10.1. The molecule has 1 aliphatic carbocycles. The Labute approximate surface area is 142 Å². The zero-order valence-corrected chi connectivity index (χ0v) is 14.2. The first-order valence-electron chi connectivity index (χ1n) is 9.07. The number of fused-ring (bicyclic) bond motifs is 2. The molecule has 5 heteroatoms. The van der Waals surface area contributed by atoms with E-state index in [2.05, 4.69) is 32.2 Å². The van der Waals surface area contributed by atoms with E-state index in [-0.39, 0.29) is 11.9 Å². The molecule has 0 saturated heterocycles. The fraction of sp³-hybridized carbons (Fsp3) is 0.526. The number of hydrogen-bond donors (Lipinski definition) is 1. The van der Waals surface area contributed by atoms with Crippen molar-refractivity contribution in [1.82, 2.24) is 20.1 Å². The second kappa shape index (κ2) is 6.38. The number of amides is 1. The predicted octanol–water partition coefficient (Wildman–Crippen LogP) is 2.98. The van der Waals surface area contributed by atoms with Crippen molar-refractivity contribution in [3.63, 3.8) is 0 Å². The molecule has 0 spiro atoms. The number of aryl methyl sites for hydroxylation is 3. The van der Waals surface area contributed by atoms with Crippen molar-refractivity contribution in [2.75, 3.05) is 0 Å². The van der Waals surface area contributed by atoms with Gasteiger partial charge in [-0.2, -0.15) is 0 Å². The molecule has 2 aliphatic rings. The number of aromatic nitrogens is 3. The Morgan fingerprint density at radius 3 is 2.88 bits per heavy atom. The van der Waals surface area contributed by atoms with E-state index in [1.807, 2.05) is 13.0 Å². The third-order valence-corrected chi connectivity index (χ3v) is 5.23. The van der Waals surface area contributed by atoms with Gasteiger partial charge in [0.25, 0.3) is 5.91 Å². The summed E-state index contributed by atoms with van der Waals surface area (Å²) < 4.78 is 2.20. The van der Waals surface area contributed by atoms with Crippen molar-refractivity contribution in [2.45, 2.75) is 64.5 Å². The van der Waals surface area contributed by atoms with Crippen LogP contribution in [0.1, 0.15) is 71.8 Å². The van der Waals surface area contributed by atoms with Crippen LogP contribution in [0.4, 0.5) is 0 Å². The molecule has 2 aromatic rings. The fourth-order valence-electron chi connectivity index (χ4n) is 3.89. The number of carbonyl (C=O) groups is 1. The number of nitrogens with one attached hydrogen (secondary N) is 1. The molecule has 1 aromatic carbocycles. The van der Waals surface area contributed by atoms with Crippen molar-refractivity contribution in [2.24, 2.45) is 0 Å². The molecular weight excluding hydrogens is 300 g/mol. The molecule has 1 aliphatic heterocycles. The van der Waals surface area contributed by atoms with Crippen LogP contribution in [0.5, 0.6) is 0 Å². The third-order valence-electron chi connectivity index (χ3n) is 5.23. The summed E-state index contributed by atoms with van der Waals surface area (Å²) in [6.07, 6.45) is 7.97. The van der Waals surface area contributed by atoms with Crippen molar-refractivity contribution in [3.8, 4) is 0 Å². The van der Waals surface area contributed by atoms with Crippen LogP contribution >= 0.6 is 0 Å². The topological polar surface area (TPSA) is 59.8 Å². The van der Waals surface area contributed by atoms with E-state index in [1.54, 1.807) is 0 Å². The van der Waals surface area contributed by atoms with E-state index in [1.165, 1.54) is 30.4 Å². The van der Waals surface area contributed by atoms with E-state index < -0.39 is 0 Å². The van der Waals surface area contributed by atoms with Gasteiger partial charge in [-0.25, -0.2) is 0 Å². The molecular formula is C19H24N4O. The first-order chi connectivity index (χ1) is 11.7. The first-order valence-corrected chi connectivity index (χ1v) is 9.07. The zero-order chi connectivity index (χ0) is 16.5. The lowest BCUT2D eigenvalue weighted by Crippen LogP contribution is -2.29. The molecule has 5 nitrogen and oxygen atoms in total. The van der Waals surface area contributed by atoms with Crippen molar-refractivity contribution >= 4 is 5.91 Å². The van der Waals surface area contributed by atoms with E-state index in [0.717, 1.165) is 49.4 Å². The minimum Gasteiger partial charge on any atom is -0.342 e. The molecule has 1 N–H and O–H groups in total. The minimum atomic E-state index is -0.134. The normalized spacial score (nSPS) is 17.7. The van der Waals surface area contributed by atoms with Gasteiger partial charge >= 0.3 is 0 Å². The Morgan fingerprint density at radius 2 is 1.96 bits per heavy atom. The molecule has 0 saturated carbocycles.